The summed E-state index contributed by atoms with van der Waals surface area (Å²) in [6, 6.07) is 3.51. The van der Waals surface area contributed by atoms with Crippen molar-refractivity contribution in [3.63, 3.8) is 0 Å². The van der Waals surface area contributed by atoms with Crippen LogP contribution in [0.1, 0.15) is 112 Å². The predicted octanol–water partition coefficient (Wildman–Crippen LogP) is 3.74. The Morgan fingerprint density at radius 1 is 0.757 bits per heavy atom. The fourth-order valence-corrected chi connectivity index (χ4v) is 4.13. The van der Waals surface area contributed by atoms with Gasteiger partial charge in [-0.25, -0.2) is 18.0 Å². The van der Waals surface area contributed by atoms with Gasteiger partial charge in [-0.2, -0.15) is 0 Å². The molecule has 0 aromatic heterocycles. The Morgan fingerprint density at radius 2 is 1.22 bits per heavy atom. The summed E-state index contributed by atoms with van der Waals surface area (Å²) in [5, 5.41) is 0. The van der Waals surface area contributed by atoms with E-state index in [4.69, 9.17) is 9.47 Å². The van der Waals surface area contributed by atoms with Gasteiger partial charge >= 0.3 is 41.5 Å². The van der Waals surface area contributed by atoms with Crippen molar-refractivity contribution in [2.75, 3.05) is 13.2 Å². The molecule has 0 unspecified atom stereocenters. The van der Waals surface area contributed by atoms with Crippen molar-refractivity contribution in [1.82, 2.24) is 0 Å². The molecule has 0 N–H and O–H groups in total. The van der Waals surface area contributed by atoms with Crippen LogP contribution in [0.5, 0.6) is 0 Å². The fourth-order valence-electron chi connectivity index (χ4n) is 3.44. The third-order valence-electron chi connectivity index (χ3n) is 5.50. The SMILES string of the molecule is CCCC/C=C/CCCCOC(=O)c1cccc(S(=O)(=O)[O-])c1C(=O)OCCCC/C=C/CCCC.[Na+]. The third kappa shape index (κ3) is 15.5. The zero-order chi connectivity index (χ0) is 26.7. The van der Waals surface area contributed by atoms with Crippen LogP contribution in [-0.4, -0.2) is 38.1 Å². The molecule has 0 fully saturated rings. The standard InChI is InChI=1S/C28H42O7S.Na/c1-3-5-7-9-11-13-15-17-22-34-27(29)24-20-19-21-25(36(31,32)33)26(24)28(30)35-23-18-16-14-12-10-8-6-4-2;/h9-12,19-21H,3-8,13-18,22-23H2,1-2H3,(H,31,32,33);/q;+1/p-1/b11-9+,12-10+;. The molecular formula is C28H41NaO7S. The maximum Gasteiger partial charge on any atom is 1.00 e. The minimum Gasteiger partial charge on any atom is -0.744 e. The Morgan fingerprint density at radius 3 is 1.68 bits per heavy atom. The largest absolute Gasteiger partial charge is 1.00 e. The van der Waals surface area contributed by atoms with Crippen LogP contribution in [0, 0.1) is 0 Å². The van der Waals surface area contributed by atoms with Crippen molar-refractivity contribution < 1.29 is 61.6 Å². The Bertz CT molecular complexity index is 955. The number of rotatable bonds is 19. The molecule has 0 saturated carbocycles. The molecule has 1 aromatic carbocycles. The van der Waals surface area contributed by atoms with Crippen LogP contribution in [0.15, 0.2) is 47.4 Å². The van der Waals surface area contributed by atoms with E-state index >= 15 is 0 Å². The number of allylic oxidation sites excluding steroid dienone is 4. The van der Waals surface area contributed by atoms with E-state index in [9.17, 15) is 22.6 Å². The summed E-state index contributed by atoms with van der Waals surface area (Å²) < 4.78 is 45.7. The van der Waals surface area contributed by atoms with Crippen molar-refractivity contribution in [3.8, 4) is 0 Å². The van der Waals surface area contributed by atoms with Crippen molar-refractivity contribution >= 4 is 22.1 Å². The number of hydrogen-bond acceptors (Lipinski definition) is 7. The average molecular weight is 545 g/mol. The van der Waals surface area contributed by atoms with Gasteiger partial charge < -0.3 is 14.0 Å². The average Bonchev–Trinajstić information content (AvgIpc) is 2.85. The molecule has 0 aliphatic rings. The number of hydrogen-bond donors (Lipinski definition) is 0. The first kappa shape index (κ1) is 35.5. The molecule has 0 heterocycles. The monoisotopic (exact) mass is 544 g/mol. The molecule has 1 aromatic rings. The smallest absolute Gasteiger partial charge is 0.744 e. The van der Waals surface area contributed by atoms with Gasteiger partial charge in [0.25, 0.3) is 0 Å². The van der Waals surface area contributed by atoms with Gasteiger partial charge in [0.1, 0.15) is 10.1 Å². The van der Waals surface area contributed by atoms with Gasteiger partial charge in [-0.05, 0) is 63.5 Å². The topological polar surface area (TPSA) is 110 Å². The van der Waals surface area contributed by atoms with Gasteiger partial charge in [-0.1, -0.05) is 69.9 Å². The molecule has 37 heavy (non-hydrogen) atoms. The van der Waals surface area contributed by atoms with Crippen LogP contribution < -0.4 is 29.6 Å². The van der Waals surface area contributed by atoms with Gasteiger partial charge in [0.15, 0.2) is 0 Å². The van der Waals surface area contributed by atoms with Crippen molar-refractivity contribution in [2.45, 2.75) is 95.8 Å². The van der Waals surface area contributed by atoms with Crippen molar-refractivity contribution in [2.24, 2.45) is 0 Å². The summed E-state index contributed by atoms with van der Waals surface area (Å²) >= 11 is 0. The first-order valence-corrected chi connectivity index (χ1v) is 14.5. The zero-order valence-corrected chi connectivity index (χ0v) is 25.5. The molecular weight excluding hydrogens is 503 g/mol. The van der Waals surface area contributed by atoms with Gasteiger partial charge in [-0.15, -0.1) is 0 Å². The molecule has 0 atom stereocenters. The molecule has 9 heteroatoms. The van der Waals surface area contributed by atoms with E-state index in [1.807, 2.05) is 0 Å². The second-order valence-electron chi connectivity index (χ2n) is 8.62. The summed E-state index contributed by atoms with van der Waals surface area (Å²) in [7, 11) is -5.00. The molecule has 0 spiro atoms. The summed E-state index contributed by atoms with van der Waals surface area (Å²) in [6.45, 7) is 4.45. The maximum atomic E-state index is 12.7. The maximum absolute atomic E-state index is 12.7. The number of benzene rings is 1. The quantitative estimate of drug-likeness (QED) is 0.0858. The number of esters is 2. The molecule has 7 nitrogen and oxygen atoms in total. The van der Waals surface area contributed by atoms with E-state index in [1.54, 1.807) is 0 Å². The van der Waals surface area contributed by atoms with Gasteiger partial charge in [0.05, 0.1) is 29.2 Å². The van der Waals surface area contributed by atoms with Crippen molar-refractivity contribution in [1.29, 1.82) is 0 Å². The molecule has 0 bridgehead atoms. The Balaban J connectivity index is 0.0000130. The molecule has 0 aliphatic carbocycles. The third-order valence-corrected chi connectivity index (χ3v) is 6.38. The minimum absolute atomic E-state index is 0. The first-order valence-electron chi connectivity index (χ1n) is 13.1. The molecule has 202 valence electrons. The first-order chi connectivity index (χ1) is 17.3. The van der Waals surface area contributed by atoms with Crippen LogP contribution in [0.3, 0.4) is 0 Å². The zero-order valence-electron chi connectivity index (χ0n) is 22.7. The second-order valence-corrected chi connectivity index (χ2v) is 9.97. The van der Waals surface area contributed by atoms with E-state index in [0.717, 1.165) is 70.3 Å². The van der Waals surface area contributed by atoms with Crippen LogP contribution in [-0.2, 0) is 19.6 Å². The van der Waals surface area contributed by atoms with Gasteiger partial charge in [0.2, 0.25) is 0 Å². The minimum atomic E-state index is -5.00. The Kier molecular flexibility index (Phi) is 20.6. The summed E-state index contributed by atoms with van der Waals surface area (Å²) in [4.78, 5) is 24.6. The molecule has 1 rings (SSSR count). The van der Waals surface area contributed by atoms with E-state index in [1.165, 1.54) is 12.1 Å². The van der Waals surface area contributed by atoms with E-state index in [0.29, 0.717) is 12.8 Å². The molecule has 0 radical (unpaired) electrons. The Hall–Kier alpha value is -1.45. The molecule has 0 aliphatic heterocycles. The van der Waals surface area contributed by atoms with E-state index < -0.39 is 32.5 Å². The second kappa shape index (κ2) is 21.5. The summed E-state index contributed by atoms with van der Waals surface area (Å²) in [6.07, 6.45) is 19.7. The molecule has 0 amide bonds. The number of ether oxygens (including phenoxy) is 2. The fraction of sp³-hybridized carbons (Fsp3) is 0.571. The normalized spacial score (nSPS) is 11.5. The van der Waals surface area contributed by atoms with E-state index in [2.05, 4.69) is 38.2 Å². The van der Waals surface area contributed by atoms with Gasteiger partial charge in [0, 0.05) is 0 Å². The number of unbranched alkanes of at least 4 members (excludes halogenated alkanes) is 8. The van der Waals surface area contributed by atoms with Crippen LogP contribution in [0.2, 0.25) is 0 Å². The summed E-state index contributed by atoms with van der Waals surface area (Å²) in [5.74, 6) is -1.88. The van der Waals surface area contributed by atoms with Crippen LogP contribution >= 0.6 is 0 Å². The Labute approximate surface area is 245 Å². The van der Waals surface area contributed by atoms with Crippen molar-refractivity contribution in [3.05, 3.63) is 53.6 Å². The number of carbonyl (C=O) groups excluding carboxylic acids is 2. The van der Waals surface area contributed by atoms with E-state index in [-0.39, 0.29) is 48.3 Å². The molecule has 0 saturated heterocycles. The van der Waals surface area contributed by atoms with Crippen LogP contribution in [0.4, 0.5) is 0 Å². The van der Waals surface area contributed by atoms with Gasteiger partial charge in [-0.3, -0.25) is 0 Å². The summed E-state index contributed by atoms with van der Waals surface area (Å²) in [5.41, 5.74) is -0.842. The predicted molar refractivity (Wildman–Crippen MR) is 140 cm³/mol. The number of carbonyl (C=O) groups is 2. The van der Waals surface area contributed by atoms with Crippen LogP contribution in [0.25, 0.3) is 0 Å².